The van der Waals surface area contributed by atoms with Crippen LogP contribution >= 0.6 is 11.3 Å². The van der Waals surface area contributed by atoms with E-state index in [9.17, 15) is 13.2 Å². The molecule has 0 aliphatic rings. The van der Waals surface area contributed by atoms with Crippen LogP contribution in [0.5, 0.6) is 0 Å². The minimum Gasteiger partial charge on any atom is -0.357 e. The number of alkyl halides is 3. The zero-order valence-electron chi connectivity index (χ0n) is 7.58. The Balaban J connectivity index is 2.50. The van der Waals surface area contributed by atoms with Gasteiger partial charge in [-0.15, -0.1) is 10.2 Å². The van der Waals surface area contributed by atoms with E-state index in [1.165, 1.54) is 0 Å². The van der Waals surface area contributed by atoms with Gasteiger partial charge in [0, 0.05) is 13.1 Å². The third-order valence-corrected chi connectivity index (χ3v) is 2.27. The average molecular weight is 238 g/mol. The van der Waals surface area contributed by atoms with Gasteiger partial charge in [-0.25, -0.2) is 0 Å². The van der Waals surface area contributed by atoms with E-state index < -0.39 is 11.2 Å². The van der Waals surface area contributed by atoms with Crippen molar-refractivity contribution in [2.75, 3.05) is 18.4 Å². The number of hydrogen-bond donors (Lipinski definition) is 2. The summed E-state index contributed by atoms with van der Waals surface area (Å²) in [6.07, 6.45) is -1.03. The Labute approximate surface area is 88.0 Å². The second-order valence-corrected chi connectivity index (χ2v) is 3.48. The number of hydrogen-bond acceptors (Lipinski definition) is 5. The Morgan fingerprint density at radius 1 is 1.33 bits per heavy atom. The number of anilines is 1. The molecule has 0 aromatic carbocycles. The standard InChI is InChI=1S/C7H9F3N4S/c8-7(9,10)5-13-14-6(15-5)12-4-2-1-3-11/h1-2H,3-4,11H2,(H,12,14)/b2-1+. The summed E-state index contributed by atoms with van der Waals surface area (Å²) < 4.78 is 36.3. The summed E-state index contributed by atoms with van der Waals surface area (Å²) in [7, 11) is 0. The maximum atomic E-state index is 12.1. The van der Waals surface area contributed by atoms with Gasteiger partial charge < -0.3 is 11.1 Å². The quantitative estimate of drug-likeness (QED) is 0.780. The molecule has 1 rings (SSSR count). The van der Waals surface area contributed by atoms with E-state index in [1.807, 2.05) is 0 Å². The SMILES string of the molecule is NC/C=C/CNc1nnc(C(F)(F)F)s1. The second-order valence-electron chi connectivity index (χ2n) is 2.50. The Bertz CT molecular complexity index is 333. The minimum absolute atomic E-state index is 0.143. The van der Waals surface area contributed by atoms with Gasteiger partial charge in [0.05, 0.1) is 0 Å². The molecule has 3 N–H and O–H groups in total. The summed E-state index contributed by atoms with van der Waals surface area (Å²) >= 11 is 0.474. The molecule has 15 heavy (non-hydrogen) atoms. The first kappa shape index (κ1) is 11.9. The predicted octanol–water partition coefficient (Wildman–Crippen LogP) is 1.48. The fraction of sp³-hybridized carbons (Fsp3) is 0.429. The smallest absolute Gasteiger partial charge is 0.357 e. The van der Waals surface area contributed by atoms with E-state index in [2.05, 4.69) is 15.5 Å². The first-order valence-corrected chi connectivity index (χ1v) is 4.85. The number of nitrogens with one attached hydrogen (secondary N) is 1. The van der Waals surface area contributed by atoms with Gasteiger partial charge >= 0.3 is 6.18 Å². The van der Waals surface area contributed by atoms with Gasteiger partial charge in [-0.2, -0.15) is 13.2 Å². The van der Waals surface area contributed by atoms with E-state index in [0.29, 0.717) is 24.4 Å². The number of nitrogens with two attached hydrogens (primary N) is 1. The van der Waals surface area contributed by atoms with Crippen LogP contribution in [0.2, 0.25) is 0 Å². The zero-order chi connectivity index (χ0) is 11.3. The lowest BCUT2D eigenvalue weighted by atomic mass is 10.5. The Hall–Kier alpha value is -1.15. The second kappa shape index (κ2) is 5.08. The summed E-state index contributed by atoms with van der Waals surface area (Å²) in [6.45, 7) is 0.773. The van der Waals surface area contributed by atoms with Gasteiger partial charge in [-0.1, -0.05) is 23.5 Å². The number of halogens is 3. The molecule has 0 aliphatic carbocycles. The molecular weight excluding hydrogens is 229 g/mol. The van der Waals surface area contributed by atoms with Crippen molar-refractivity contribution in [2.45, 2.75) is 6.18 Å². The first-order valence-electron chi connectivity index (χ1n) is 4.03. The zero-order valence-corrected chi connectivity index (χ0v) is 8.40. The maximum Gasteiger partial charge on any atom is 0.445 e. The fourth-order valence-electron chi connectivity index (χ4n) is 0.735. The van der Waals surface area contributed by atoms with Gasteiger partial charge in [-0.3, -0.25) is 0 Å². The highest BCUT2D eigenvalue weighted by Gasteiger charge is 2.35. The molecule has 0 radical (unpaired) electrons. The maximum absolute atomic E-state index is 12.1. The highest BCUT2D eigenvalue weighted by molar-refractivity contribution is 7.15. The summed E-state index contributed by atoms with van der Waals surface area (Å²) in [5.74, 6) is 0. The van der Waals surface area contributed by atoms with Crippen LogP contribution in [-0.4, -0.2) is 23.3 Å². The molecule has 0 saturated heterocycles. The lowest BCUT2D eigenvalue weighted by Gasteiger charge is -1.98. The van der Waals surface area contributed by atoms with Crippen molar-refractivity contribution < 1.29 is 13.2 Å². The lowest BCUT2D eigenvalue weighted by molar-refractivity contribution is -0.138. The molecule has 0 bridgehead atoms. The molecule has 0 fully saturated rings. The van der Waals surface area contributed by atoms with Crippen LogP contribution in [0.15, 0.2) is 12.2 Å². The molecule has 4 nitrogen and oxygen atoms in total. The molecule has 0 spiro atoms. The normalized spacial score (nSPS) is 12.3. The van der Waals surface area contributed by atoms with Gasteiger partial charge in [-0.05, 0) is 0 Å². The first-order chi connectivity index (χ1) is 7.04. The largest absolute Gasteiger partial charge is 0.445 e. The summed E-state index contributed by atoms with van der Waals surface area (Å²) in [5, 5.41) is 8.24. The van der Waals surface area contributed by atoms with Crippen molar-refractivity contribution in [1.82, 2.24) is 10.2 Å². The van der Waals surface area contributed by atoms with Gasteiger partial charge in [0.25, 0.3) is 0 Å². The van der Waals surface area contributed by atoms with Crippen molar-refractivity contribution in [3.05, 3.63) is 17.2 Å². The molecule has 0 amide bonds. The van der Waals surface area contributed by atoms with Crippen molar-refractivity contribution in [3.63, 3.8) is 0 Å². The molecule has 1 aromatic heterocycles. The molecule has 8 heteroatoms. The van der Waals surface area contributed by atoms with E-state index in [-0.39, 0.29) is 5.13 Å². The van der Waals surface area contributed by atoms with Gasteiger partial charge in [0.2, 0.25) is 10.1 Å². The van der Waals surface area contributed by atoms with Crippen molar-refractivity contribution in [3.8, 4) is 0 Å². The van der Waals surface area contributed by atoms with Crippen molar-refractivity contribution >= 4 is 16.5 Å². The number of aromatic nitrogens is 2. The van der Waals surface area contributed by atoms with Crippen LogP contribution in [0.4, 0.5) is 18.3 Å². The lowest BCUT2D eigenvalue weighted by Crippen LogP contribution is -2.03. The van der Waals surface area contributed by atoms with Crippen LogP contribution in [0.25, 0.3) is 0 Å². The highest BCUT2D eigenvalue weighted by atomic mass is 32.1. The predicted molar refractivity (Wildman–Crippen MR) is 51.6 cm³/mol. The topological polar surface area (TPSA) is 63.8 Å². The van der Waals surface area contributed by atoms with Crippen molar-refractivity contribution in [1.29, 1.82) is 0 Å². The van der Waals surface area contributed by atoms with Gasteiger partial charge in [0.15, 0.2) is 0 Å². The molecule has 0 saturated carbocycles. The summed E-state index contributed by atoms with van der Waals surface area (Å²) in [6, 6.07) is 0. The molecule has 84 valence electrons. The van der Waals surface area contributed by atoms with Crippen LogP contribution in [-0.2, 0) is 6.18 Å². The Kier molecular flexibility index (Phi) is 4.04. The van der Waals surface area contributed by atoms with Crippen LogP contribution in [0.1, 0.15) is 5.01 Å². The van der Waals surface area contributed by atoms with E-state index >= 15 is 0 Å². The molecule has 1 heterocycles. The Morgan fingerprint density at radius 2 is 2.07 bits per heavy atom. The molecule has 0 unspecified atom stereocenters. The van der Waals surface area contributed by atoms with E-state index in [4.69, 9.17) is 5.73 Å². The molecular formula is C7H9F3N4S. The van der Waals surface area contributed by atoms with E-state index in [0.717, 1.165) is 0 Å². The van der Waals surface area contributed by atoms with Crippen LogP contribution < -0.4 is 11.1 Å². The highest BCUT2D eigenvalue weighted by Crippen LogP contribution is 2.32. The van der Waals surface area contributed by atoms with E-state index in [1.54, 1.807) is 12.2 Å². The van der Waals surface area contributed by atoms with Crippen molar-refractivity contribution in [2.24, 2.45) is 5.73 Å². The summed E-state index contributed by atoms with van der Waals surface area (Å²) in [5.41, 5.74) is 5.18. The summed E-state index contributed by atoms with van der Waals surface area (Å²) in [4.78, 5) is 0. The molecule has 1 aromatic rings. The number of rotatable bonds is 4. The Morgan fingerprint density at radius 3 is 2.60 bits per heavy atom. The molecule has 0 aliphatic heterocycles. The third-order valence-electron chi connectivity index (χ3n) is 1.34. The van der Waals surface area contributed by atoms with Crippen LogP contribution in [0.3, 0.4) is 0 Å². The molecule has 0 atom stereocenters. The monoisotopic (exact) mass is 238 g/mol. The van der Waals surface area contributed by atoms with Crippen LogP contribution in [0, 0.1) is 0 Å². The fourth-order valence-corrected chi connectivity index (χ4v) is 1.35. The minimum atomic E-state index is -4.43. The number of nitrogens with zero attached hydrogens (tertiary/aromatic N) is 2. The third kappa shape index (κ3) is 3.84. The van der Waals surface area contributed by atoms with Gasteiger partial charge in [0.1, 0.15) is 0 Å². The average Bonchev–Trinajstić information content (AvgIpc) is 2.60.